The van der Waals surface area contributed by atoms with Crippen molar-refractivity contribution in [3.05, 3.63) is 53.5 Å². The average molecular weight is 316 g/mol. The Labute approximate surface area is 134 Å². The Morgan fingerprint density at radius 2 is 1.96 bits per heavy atom. The number of methoxy groups -OCH3 is 1. The Kier molecular flexibility index (Phi) is 5.80. The molecular formula is C17H20N2O4. The number of furan rings is 1. The molecule has 0 atom stereocenters. The number of benzene rings is 1. The number of aryl methyl sites for hydroxylation is 1. The summed E-state index contributed by atoms with van der Waals surface area (Å²) in [5.41, 5.74) is 1.46. The van der Waals surface area contributed by atoms with Gasteiger partial charge in [-0.25, -0.2) is 0 Å². The summed E-state index contributed by atoms with van der Waals surface area (Å²) in [4.78, 5) is 23.6. The first-order valence-corrected chi connectivity index (χ1v) is 7.32. The highest BCUT2D eigenvalue weighted by Crippen LogP contribution is 2.17. The lowest BCUT2D eigenvalue weighted by Gasteiger charge is -2.09. The Morgan fingerprint density at radius 3 is 2.65 bits per heavy atom. The average Bonchev–Trinajstić information content (AvgIpc) is 2.99. The van der Waals surface area contributed by atoms with Crippen LogP contribution >= 0.6 is 0 Å². The molecule has 122 valence electrons. The van der Waals surface area contributed by atoms with E-state index in [2.05, 4.69) is 10.6 Å². The Balaban J connectivity index is 1.73. The molecule has 0 aliphatic heterocycles. The topological polar surface area (TPSA) is 80.6 Å². The van der Waals surface area contributed by atoms with Crippen molar-refractivity contribution in [1.29, 1.82) is 0 Å². The van der Waals surface area contributed by atoms with Gasteiger partial charge in [-0.15, -0.1) is 0 Å². The molecule has 6 nitrogen and oxygen atoms in total. The number of amides is 2. The summed E-state index contributed by atoms with van der Waals surface area (Å²) in [6.45, 7) is 2.09. The summed E-state index contributed by atoms with van der Waals surface area (Å²) in [5, 5.41) is 5.33. The molecule has 6 heteroatoms. The largest absolute Gasteiger partial charge is 0.496 e. The van der Waals surface area contributed by atoms with Gasteiger partial charge in [-0.1, -0.05) is 18.2 Å². The molecule has 0 radical (unpaired) electrons. The van der Waals surface area contributed by atoms with Crippen LogP contribution < -0.4 is 15.4 Å². The van der Waals surface area contributed by atoms with Crippen LogP contribution in [0, 0.1) is 6.92 Å². The Bertz CT molecular complexity index is 679. The van der Waals surface area contributed by atoms with Crippen LogP contribution in [0.15, 0.2) is 41.0 Å². The second-order valence-electron chi connectivity index (χ2n) is 4.98. The standard InChI is InChI=1S/C17H20N2O4/c1-12-14(8-10-23-12)17(21)19-11-16(20)18-9-7-13-5-3-4-6-15(13)22-2/h3-6,8,10H,7,9,11H2,1-2H3,(H,18,20)(H,19,21). The molecule has 2 N–H and O–H groups in total. The number of para-hydroxylation sites is 1. The molecule has 0 aliphatic rings. The van der Waals surface area contributed by atoms with Crippen molar-refractivity contribution in [2.45, 2.75) is 13.3 Å². The molecular weight excluding hydrogens is 296 g/mol. The van der Waals surface area contributed by atoms with Crippen LogP contribution in [-0.2, 0) is 11.2 Å². The smallest absolute Gasteiger partial charge is 0.255 e. The minimum Gasteiger partial charge on any atom is -0.496 e. The van der Waals surface area contributed by atoms with E-state index in [1.165, 1.54) is 6.26 Å². The van der Waals surface area contributed by atoms with Crippen LogP contribution in [0.5, 0.6) is 5.75 Å². The van der Waals surface area contributed by atoms with Gasteiger partial charge in [-0.2, -0.15) is 0 Å². The third kappa shape index (κ3) is 4.60. The molecule has 2 aromatic rings. The maximum atomic E-state index is 11.8. The van der Waals surface area contributed by atoms with Gasteiger partial charge in [-0.3, -0.25) is 9.59 Å². The van der Waals surface area contributed by atoms with Crippen LogP contribution in [0.2, 0.25) is 0 Å². The van der Waals surface area contributed by atoms with Crippen molar-refractivity contribution in [2.24, 2.45) is 0 Å². The number of hydrogen-bond donors (Lipinski definition) is 2. The maximum absolute atomic E-state index is 11.8. The lowest BCUT2D eigenvalue weighted by atomic mass is 10.1. The van der Waals surface area contributed by atoms with Gasteiger partial charge in [0, 0.05) is 6.54 Å². The van der Waals surface area contributed by atoms with Gasteiger partial charge in [-0.05, 0) is 31.0 Å². The predicted molar refractivity (Wildman–Crippen MR) is 85.5 cm³/mol. The van der Waals surface area contributed by atoms with Crippen molar-refractivity contribution >= 4 is 11.8 Å². The summed E-state index contributed by atoms with van der Waals surface area (Å²) in [7, 11) is 1.62. The highest BCUT2D eigenvalue weighted by Gasteiger charge is 2.12. The Morgan fingerprint density at radius 1 is 1.17 bits per heavy atom. The lowest BCUT2D eigenvalue weighted by Crippen LogP contribution is -2.37. The van der Waals surface area contributed by atoms with Crippen molar-refractivity contribution in [3.63, 3.8) is 0 Å². The molecule has 23 heavy (non-hydrogen) atoms. The number of ether oxygens (including phenoxy) is 1. The van der Waals surface area contributed by atoms with E-state index in [9.17, 15) is 9.59 Å². The second kappa shape index (κ2) is 8.03. The summed E-state index contributed by atoms with van der Waals surface area (Å²) >= 11 is 0. The number of nitrogens with one attached hydrogen (secondary N) is 2. The van der Waals surface area contributed by atoms with E-state index in [0.29, 0.717) is 24.3 Å². The quantitative estimate of drug-likeness (QED) is 0.814. The van der Waals surface area contributed by atoms with Crippen LogP contribution in [-0.4, -0.2) is 32.0 Å². The zero-order valence-corrected chi connectivity index (χ0v) is 13.2. The summed E-state index contributed by atoms with van der Waals surface area (Å²) in [6, 6.07) is 9.23. The van der Waals surface area contributed by atoms with E-state index in [4.69, 9.17) is 9.15 Å². The van der Waals surface area contributed by atoms with Gasteiger partial charge in [0.05, 0.1) is 25.5 Å². The fourth-order valence-corrected chi connectivity index (χ4v) is 2.18. The van der Waals surface area contributed by atoms with E-state index in [1.54, 1.807) is 20.1 Å². The molecule has 2 rings (SSSR count). The number of carbonyl (C=O) groups is 2. The zero-order valence-electron chi connectivity index (χ0n) is 13.2. The van der Waals surface area contributed by atoms with Crippen molar-refractivity contribution in [1.82, 2.24) is 10.6 Å². The number of carbonyl (C=O) groups excluding carboxylic acids is 2. The van der Waals surface area contributed by atoms with E-state index in [1.807, 2.05) is 24.3 Å². The summed E-state index contributed by atoms with van der Waals surface area (Å²) < 4.78 is 10.3. The van der Waals surface area contributed by atoms with Crippen LogP contribution in [0.25, 0.3) is 0 Å². The molecule has 0 aliphatic carbocycles. The normalized spacial score (nSPS) is 10.2. The first kappa shape index (κ1) is 16.6. The third-order valence-electron chi connectivity index (χ3n) is 3.42. The SMILES string of the molecule is COc1ccccc1CCNC(=O)CNC(=O)c1ccoc1C. The van der Waals surface area contributed by atoms with Gasteiger partial charge in [0.1, 0.15) is 11.5 Å². The van der Waals surface area contributed by atoms with E-state index < -0.39 is 0 Å². The minimum atomic E-state index is -0.323. The summed E-state index contributed by atoms with van der Waals surface area (Å²) in [5.74, 6) is 0.759. The fourth-order valence-electron chi connectivity index (χ4n) is 2.18. The van der Waals surface area contributed by atoms with Crippen LogP contribution in [0.4, 0.5) is 0 Å². The van der Waals surface area contributed by atoms with Gasteiger partial charge in [0.2, 0.25) is 5.91 Å². The highest BCUT2D eigenvalue weighted by atomic mass is 16.5. The first-order chi connectivity index (χ1) is 11.1. The number of rotatable bonds is 7. The molecule has 1 aromatic heterocycles. The molecule has 0 saturated carbocycles. The first-order valence-electron chi connectivity index (χ1n) is 7.32. The molecule has 0 bridgehead atoms. The minimum absolute atomic E-state index is 0.0740. The number of hydrogen-bond acceptors (Lipinski definition) is 4. The van der Waals surface area contributed by atoms with Gasteiger partial charge in [0.25, 0.3) is 5.91 Å². The van der Waals surface area contributed by atoms with Crippen molar-refractivity contribution in [3.8, 4) is 5.75 Å². The molecule has 1 aromatic carbocycles. The Hall–Kier alpha value is -2.76. The molecule has 0 unspecified atom stereocenters. The second-order valence-corrected chi connectivity index (χ2v) is 4.98. The van der Waals surface area contributed by atoms with Gasteiger partial charge in [0.15, 0.2) is 0 Å². The van der Waals surface area contributed by atoms with Crippen LogP contribution in [0.3, 0.4) is 0 Å². The molecule has 1 heterocycles. The fraction of sp³-hybridized carbons (Fsp3) is 0.294. The van der Waals surface area contributed by atoms with Crippen molar-refractivity contribution in [2.75, 3.05) is 20.2 Å². The molecule has 0 saturated heterocycles. The lowest BCUT2D eigenvalue weighted by molar-refractivity contribution is -0.120. The molecule has 2 amide bonds. The third-order valence-corrected chi connectivity index (χ3v) is 3.42. The van der Waals surface area contributed by atoms with E-state index in [0.717, 1.165) is 11.3 Å². The zero-order chi connectivity index (χ0) is 16.7. The van der Waals surface area contributed by atoms with Crippen molar-refractivity contribution < 1.29 is 18.7 Å². The predicted octanol–water partition coefficient (Wildman–Crippen LogP) is 1.69. The molecule has 0 fully saturated rings. The summed E-state index contributed by atoms with van der Waals surface area (Å²) in [6.07, 6.45) is 2.10. The maximum Gasteiger partial charge on any atom is 0.255 e. The van der Waals surface area contributed by atoms with E-state index in [-0.39, 0.29) is 18.4 Å². The monoisotopic (exact) mass is 316 g/mol. The van der Waals surface area contributed by atoms with Crippen LogP contribution in [0.1, 0.15) is 21.7 Å². The highest BCUT2D eigenvalue weighted by molar-refractivity contribution is 5.97. The molecule has 0 spiro atoms. The van der Waals surface area contributed by atoms with Gasteiger partial charge < -0.3 is 19.8 Å². The van der Waals surface area contributed by atoms with Gasteiger partial charge >= 0.3 is 0 Å². The van der Waals surface area contributed by atoms with E-state index >= 15 is 0 Å².